The maximum atomic E-state index is 9.00. The van der Waals surface area contributed by atoms with Crippen molar-refractivity contribution in [3.8, 4) is 0 Å². The average Bonchev–Trinajstić information content (AvgIpc) is 3.05. The Morgan fingerprint density at radius 2 is 0.488 bits per heavy atom. The molecule has 6 aromatic carbocycles. The summed E-state index contributed by atoms with van der Waals surface area (Å²) in [5.74, 6) is -0.833. The van der Waals surface area contributed by atoms with Gasteiger partial charge >= 0.3 is 0 Å². The van der Waals surface area contributed by atoms with Gasteiger partial charge in [-0.3, -0.25) is 4.79 Å². The molecule has 43 heavy (non-hydrogen) atoms. The van der Waals surface area contributed by atoms with E-state index in [4.69, 9.17) is 9.90 Å². The Kier molecular flexibility index (Phi) is 14.7. The third kappa shape index (κ3) is 10.8. The molecule has 0 aliphatic carbocycles. The predicted molar refractivity (Wildman–Crippen MR) is 186 cm³/mol. The summed E-state index contributed by atoms with van der Waals surface area (Å²) >= 11 is 0. The summed E-state index contributed by atoms with van der Waals surface area (Å²) in [4.78, 5) is 9.00. The van der Waals surface area contributed by atoms with Crippen LogP contribution in [0.3, 0.4) is 0 Å². The third-order valence-corrected chi connectivity index (χ3v) is 11.8. The molecule has 2 nitrogen and oxygen atoms in total. The van der Waals surface area contributed by atoms with Gasteiger partial charge in [-0.05, 0) is 72.8 Å². The second kappa shape index (κ2) is 18.7. The van der Waals surface area contributed by atoms with Gasteiger partial charge in [-0.1, -0.05) is 109 Å². The molecule has 1 N–H and O–H groups in total. The molecule has 217 valence electrons. The molecule has 0 amide bonds. The van der Waals surface area contributed by atoms with Crippen molar-refractivity contribution >= 4 is 53.6 Å². The van der Waals surface area contributed by atoms with Gasteiger partial charge < -0.3 is 5.11 Å². The average molecular weight is 690 g/mol. The zero-order chi connectivity index (χ0) is 29.4. The van der Waals surface area contributed by atoms with Crippen molar-refractivity contribution in [3.63, 3.8) is 0 Å². The van der Waals surface area contributed by atoms with E-state index in [0.29, 0.717) is 0 Å². The van der Waals surface area contributed by atoms with Crippen molar-refractivity contribution in [1.29, 1.82) is 0 Å². The molecule has 0 aliphatic heterocycles. The Balaban J connectivity index is 0.000000206. The van der Waals surface area contributed by atoms with E-state index >= 15 is 0 Å². The quantitative estimate of drug-likeness (QED) is 0.162. The minimum absolute atomic E-state index is 0. The molecule has 5 heteroatoms. The fourth-order valence-electron chi connectivity index (χ4n) is 4.63. The molecule has 0 aromatic heterocycles. The molecule has 0 unspecified atom stereocenters. The van der Waals surface area contributed by atoms with Crippen LogP contribution >= 0.6 is 15.8 Å². The van der Waals surface area contributed by atoms with E-state index in [2.05, 4.69) is 182 Å². The van der Waals surface area contributed by atoms with E-state index in [1.165, 1.54) is 31.8 Å². The number of carboxylic acids is 1. The molecule has 1 radical (unpaired) electrons. The number of aliphatic carboxylic acids is 1. The zero-order valence-corrected chi connectivity index (χ0v) is 27.6. The van der Waals surface area contributed by atoms with Crippen LogP contribution in [0.25, 0.3) is 0 Å². The first kappa shape index (κ1) is 33.8. The minimum Gasteiger partial charge on any atom is -0.481 e. The third-order valence-electron chi connectivity index (χ3n) is 6.37. The molecule has 0 saturated carbocycles. The van der Waals surface area contributed by atoms with Crippen molar-refractivity contribution in [3.05, 3.63) is 182 Å². The Morgan fingerprint density at radius 3 is 0.605 bits per heavy atom. The Bertz CT molecular complexity index is 1280. The largest absolute Gasteiger partial charge is 0.481 e. The van der Waals surface area contributed by atoms with Crippen LogP contribution < -0.4 is 31.8 Å². The summed E-state index contributed by atoms with van der Waals surface area (Å²) in [5.41, 5.74) is 0. The van der Waals surface area contributed by atoms with Gasteiger partial charge in [-0.2, -0.15) is 0 Å². The van der Waals surface area contributed by atoms with Crippen molar-refractivity contribution in [1.82, 2.24) is 0 Å². The maximum Gasteiger partial charge on any atom is 0.300 e. The van der Waals surface area contributed by atoms with Gasteiger partial charge in [-0.15, -0.1) is 0 Å². The minimum atomic E-state index is -0.877. The van der Waals surface area contributed by atoms with Crippen molar-refractivity contribution in [2.75, 3.05) is 0 Å². The van der Waals surface area contributed by atoms with Gasteiger partial charge in [0.15, 0.2) is 0 Å². The molecule has 0 bridgehead atoms. The molecule has 0 aliphatic rings. The number of hydrogen-bond acceptors (Lipinski definition) is 1. The smallest absolute Gasteiger partial charge is 0.300 e. The Hall–Kier alpha value is -3.73. The van der Waals surface area contributed by atoms with Crippen molar-refractivity contribution in [2.24, 2.45) is 0 Å². The van der Waals surface area contributed by atoms with E-state index in [0.717, 1.165) is 6.92 Å². The first-order valence-corrected chi connectivity index (χ1v) is 16.9. The van der Waals surface area contributed by atoms with Crippen LogP contribution in [-0.2, 0) is 24.3 Å². The molecule has 6 rings (SSSR count). The summed E-state index contributed by atoms with van der Waals surface area (Å²) in [6.45, 7) is 1.08. The maximum absolute atomic E-state index is 9.00. The first-order chi connectivity index (χ1) is 20.6. The van der Waals surface area contributed by atoms with Gasteiger partial charge in [0.25, 0.3) is 5.97 Å². The number of rotatable bonds is 6. The van der Waals surface area contributed by atoms with E-state index in [1.807, 2.05) is 0 Å². The van der Waals surface area contributed by atoms with Crippen LogP contribution in [0.1, 0.15) is 6.92 Å². The standard InChI is InChI=1S/2C18H15P.C2H4O2.Rh/c2*1-4-10-16(11-5-1)19(17-12-6-2-7-13-17)18-14-8-3-9-15-18;1-2(3)4;/h2*1-15H;1H3,(H,3,4);/p+2. The fraction of sp³-hybridized carbons (Fsp3) is 0.0263. The number of carboxylic acid groups (broad SMARTS) is 1. The number of benzene rings is 6. The van der Waals surface area contributed by atoms with Crippen LogP contribution in [0, 0.1) is 0 Å². The zero-order valence-electron chi connectivity index (χ0n) is 24.0. The summed E-state index contributed by atoms with van der Waals surface area (Å²) < 4.78 is 0. The van der Waals surface area contributed by atoms with Gasteiger partial charge in [0, 0.05) is 26.4 Å². The van der Waals surface area contributed by atoms with Gasteiger partial charge in [0.1, 0.15) is 31.8 Å². The monoisotopic (exact) mass is 689 g/mol. The Morgan fingerprint density at radius 1 is 0.372 bits per heavy atom. The van der Waals surface area contributed by atoms with Crippen LogP contribution in [0.4, 0.5) is 0 Å². The molecular weight excluding hydrogens is 653 g/mol. The number of hydrogen-bond donors (Lipinski definition) is 1. The second-order valence-electron chi connectivity index (χ2n) is 9.47. The summed E-state index contributed by atoms with van der Waals surface area (Å²) in [7, 11) is -1.75. The molecule has 0 saturated heterocycles. The summed E-state index contributed by atoms with van der Waals surface area (Å²) in [5, 5.41) is 16.0. The van der Waals surface area contributed by atoms with E-state index < -0.39 is 21.8 Å². The summed E-state index contributed by atoms with van der Waals surface area (Å²) in [6, 6.07) is 65.0. The number of carbonyl (C=O) groups is 1. The van der Waals surface area contributed by atoms with Crippen molar-refractivity contribution < 1.29 is 29.4 Å². The molecule has 0 heterocycles. The summed E-state index contributed by atoms with van der Waals surface area (Å²) in [6.07, 6.45) is 0. The Labute approximate surface area is 270 Å². The van der Waals surface area contributed by atoms with Gasteiger partial charge in [-0.25, -0.2) is 0 Å². The molecule has 6 aromatic rings. The van der Waals surface area contributed by atoms with Crippen LogP contribution in [0.2, 0.25) is 0 Å². The van der Waals surface area contributed by atoms with Crippen LogP contribution in [0.15, 0.2) is 182 Å². The SMILES string of the molecule is CC(=O)O.[Rh].c1ccc([PH+](c2ccccc2)c2ccccc2)cc1.c1ccc([PH+](c2ccccc2)c2ccccc2)cc1. The molecule has 0 spiro atoms. The predicted octanol–water partition coefficient (Wildman–Crippen LogP) is 6.44. The van der Waals surface area contributed by atoms with Crippen LogP contribution in [-0.4, -0.2) is 11.1 Å². The normalized spacial score (nSPS) is 9.93. The van der Waals surface area contributed by atoms with Gasteiger partial charge in [0.2, 0.25) is 0 Å². The molecular formula is C38H36O2P2Rh+2. The molecule has 0 fully saturated rings. The first-order valence-electron chi connectivity index (χ1n) is 13.9. The van der Waals surface area contributed by atoms with Crippen molar-refractivity contribution in [2.45, 2.75) is 6.92 Å². The van der Waals surface area contributed by atoms with E-state index in [9.17, 15) is 0 Å². The fourth-order valence-corrected chi connectivity index (χ4v) is 9.78. The van der Waals surface area contributed by atoms with Crippen LogP contribution in [0.5, 0.6) is 0 Å². The topological polar surface area (TPSA) is 37.3 Å². The molecule has 0 atom stereocenters. The van der Waals surface area contributed by atoms with Gasteiger partial charge in [0.05, 0.1) is 15.8 Å². The van der Waals surface area contributed by atoms with E-state index in [1.54, 1.807) is 0 Å². The van der Waals surface area contributed by atoms with E-state index in [-0.39, 0.29) is 19.5 Å². The second-order valence-corrected chi connectivity index (χ2v) is 14.4.